The van der Waals surface area contributed by atoms with Gasteiger partial charge in [-0.3, -0.25) is 0 Å². The largest absolute Gasteiger partial charge is 0.507 e. The number of nitrogens with zero attached hydrogens (tertiary/aromatic N) is 1. The first kappa shape index (κ1) is 15.5. The lowest BCUT2D eigenvalue weighted by molar-refractivity contribution is 0.283. The fraction of sp³-hybridized carbons (Fsp3) is 0.250. The predicted molar refractivity (Wildman–Crippen MR) is 93.5 cm³/mol. The molecule has 0 saturated carbocycles. The Hall–Kier alpha value is -2.39. The number of para-hydroxylation sites is 1. The summed E-state index contributed by atoms with van der Waals surface area (Å²) in [7, 11) is 0. The van der Waals surface area contributed by atoms with Crippen LogP contribution in [-0.4, -0.2) is 15.2 Å². The number of aliphatic hydroxyl groups excluding tert-OH is 1. The van der Waals surface area contributed by atoms with Crippen LogP contribution in [0.5, 0.6) is 5.75 Å². The van der Waals surface area contributed by atoms with Gasteiger partial charge in [-0.15, -0.1) is 0 Å². The maximum absolute atomic E-state index is 10.3. The van der Waals surface area contributed by atoms with Gasteiger partial charge in [0.05, 0.1) is 17.8 Å². The lowest BCUT2D eigenvalue weighted by atomic mass is 9.85. The van der Waals surface area contributed by atoms with Crippen LogP contribution < -0.4 is 0 Å². The summed E-state index contributed by atoms with van der Waals surface area (Å²) >= 11 is 0. The molecule has 3 nitrogen and oxygen atoms in total. The quantitative estimate of drug-likeness (QED) is 0.738. The highest BCUT2D eigenvalue weighted by atomic mass is 16.3. The van der Waals surface area contributed by atoms with Gasteiger partial charge in [-0.05, 0) is 29.2 Å². The van der Waals surface area contributed by atoms with Crippen molar-refractivity contribution in [3.63, 3.8) is 0 Å². The van der Waals surface area contributed by atoms with Gasteiger partial charge in [0.15, 0.2) is 0 Å². The molecule has 0 bridgehead atoms. The number of phenols is 1. The number of rotatable bonds is 2. The van der Waals surface area contributed by atoms with Gasteiger partial charge >= 0.3 is 0 Å². The molecule has 3 aromatic rings. The van der Waals surface area contributed by atoms with Crippen molar-refractivity contribution < 1.29 is 10.2 Å². The molecule has 0 aliphatic rings. The van der Waals surface area contributed by atoms with Crippen LogP contribution in [0.25, 0.3) is 22.2 Å². The summed E-state index contributed by atoms with van der Waals surface area (Å²) in [4.78, 5) is 4.68. The van der Waals surface area contributed by atoms with Gasteiger partial charge in [-0.25, -0.2) is 4.98 Å². The summed E-state index contributed by atoms with van der Waals surface area (Å²) in [6, 6.07) is 15.3. The van der Waals surface area contributed by atoms with Crippen molar-refractivity contribution in [3.05, 3.63) is 59.7 Å². The summed E-state index contributed by atoms with van der Waals surface area (Å²) in [5, 5.41) is 20.8. The minimum Gasteiger partial charge on any atom is -0.507 e. The number of fused-ring (bicyclic) bond motifs is 1. The molecule has 0 radical (unpaired) electrons. The second-order valence-corrected chi connectivity index (χ2v) is 6.83. The summed E-state index contributed by atoms with van der Waals surface area (Å²) < 4.78 is 0. The number of aromatic nitrogens is 1. The SMILES string of the molecule is CC(C)(C)c1ccc(O)c(-c2ccc3cccc(CO)c3n2)c1. The van der Waals surface area contributed by atoms with Crippen molar-refractivity contribution in [3.8, 4) is 17.0 Å². The smallest absolute Gasteiger partial charge is 0.124 e. The molecule has 0 spiro atoms. The van der Waals surface area contributed by atoms with Crippen LogP contribution in [0.2, 0.25) is 0 Å². The number of aliphatic hydroxyl groups is 1. The number of hydrogen-bond acceptors (Lipinski definition) is 3. The normalized spacial score (nSPS) is 11.8. The van der Waals surface area contributed by atoms with Crippen LogP contribution in [0, 0.1) is 0 Å². The van der Waals surface area contributed by atoms with Crippen LogP contribution in [0.3, 0.4) is 0 Å². The van der Waals surface area contributed by atoms with Gasteiger partial charge in [-0.2, -0.15) is 0 Å². The van der Waals surface area contributed by atoms with Crippen LogP contribution in [0.15, 0.2) is 48.5 Å². The maximum atomic E-state index is 10.3. The Bertz CT molecular complexity index is 863. The number of pyridine rings is 1. The average Bonchev–Trinajstić information content (AvgIpc) is 2.53. The van der Waals surface area contributed by atoms with Gasteiger partial charge in [0.1, 0.15) is 5.75 Å². The van der Waals surface area contributed by atoms with E-state index in [1.807, 2.05) is 42.5 Å². The maximum Gasteiger partial charge on any atom is 0.124 e. The van der Waals surface area contributed by atoms with E-state index in [1.54, 1.807) is 6.07 Å². The van der Waals surface area contributed by atoms with E-state index in [2.05, 4.69) is 25.8 Å². The molecule has 0 unspecified atom stereocenters. The van der Waals surface area contributed by atoms with Gasteiger partial charge in [0.25, 0.3) is 0 Å². The summed E-state index contributed by atoms with van der Waals surface area (Å²) in [5.41, 5.74) is 4.12. The second-order valence-electron chi connectivity index (χ2n) is 6.83. The number of aromatic hydroxyl groups is 1. The van der Waals surface area contributed by atoms with E-state index in [9.17, 15) is 10.2 Å². The molecule has 0 saturated heterocycles. The minimum atomic E-state index is -0.0538. The molecule has 118 valence electrons. The molecular weight excluding hydrogens is 286 g/mol. The highest BCUT2D eigenvalue weighted by Crippen LogP contribution is 2.34. The molecule has 2 N–H and O–H groups in total. The first-order valence-electron chi connectivity index (χ1n) is 7.73. The Morgan fingerprint density at radius 1 is 1.00 bits per heavy atom. The van der Waals surface area contributed by atoms with Crippen molar-refractivity contribution in [2.24, 2.45) is 0 Å². The van der Waals surface area contributed by atoms with E-state index < -0.39 is 0 Å². The monoisotopic (exact) mass is 307 g/mol. The molecule has 0 aliphatic heterocycles. The van der Waals surface area contributed by atoms with E-state index in [1.165, 1.54) is 0 Å². The van der Waals surface area contributed by atoms with Crippen molar-refractivity contribution in [2.75, 3.05) is 0 Å². The molecule has 0 amide bonds. The second kappa shape index (κ2) is 5.67. The fourth-order valence-corrected chi connectivity index (χ4v) is 2.69. The third-order valence-corrected chi connectivity index (χ3v) is 4.11. The van der Waals surface area contributed by atoms with Crippen molar-refractivity contribution in [1.82, 2.24) is 4.98 Å². The Labute approximate surface area is 136 Å². The van der Waals surface area contributed by atoms with Crippen LogP contribution in [0.1, 0.15) is 31.9 Å². The van der Waals surface area contributed by atoms with Crippen LogP contribution in [0.4, 0.5) is 0 Å². The first-order chi connectivity index (χ1) is 10.9. The van der Waals surface area contributed by atoms with Crippen LogP contribution >= 0.6 is 0 Å². The zero-order valence-corrected chi connectivity index (χ0v) is 13.7. The topological polar surface area (TPSA) is 53.4 Å². The third-order valence-electron chi connectivity index (χ3n) is 4.11. The first-order valence-corrected chi connectivity index (χ1v) is 7.73. The molecular formula is C20H21NO2. The third kappa shape index (κ3) is 2.92. The average molecular weight is 307 g/mol. The highest BCUT2D eigenvalue weighted by Gasteiger charge is 2.17. The Morgan fingerprint density at radius 2 is 1.78 bits per heavy atom. The molecule has 23 heavy (non-hydrogen) atoms. The molecule has 3 rings (SSSR count). The van der Waals surface area contributed by atoms with E-state index >= 15 is 0 Å². The molecule has 2 aromatic carbocycles. The molecule has 3 heteroatoms. The predicted octanol–water partition coefficient (Wildman–Crippen LogP) is 4.40. The molecule has 1 aromatic heterocycles. The standard InChI is InChI=1S/C20H21NO2/c1-20(2,3)15-8-10-18(23)16(11-15)17-9-7-13-5-4-6-14(12-22)19(13)21-17/h4-11,22-23H,12H2,1-3H3. The molecule has 0 fully saturated rings. The van der Waals surface area contributed by atoms with Crippen LogP contribution in [-0.2, 0) is 12.0 Å². The summed E-state index contributed by atoms with van der Waals surface area (Å²) in [5.74, 6) is 0.214. The molecule has 1 heterocycles. The highest BCUT2D eigenvalue weighted by molar-refractivity contribution is 5.85. The van der Waals surface area contributed by atoms with Gasteiger partial charge in [0.2, 0.25) is 0 Å². The van der Waals surface area contributed by atoms with E-state index in [4.69, 9.17) is 0 Å². The summed E-state index contributed by atoms with van der Waals surface area (Å²) in [6.07, 6.45) is 0. The van der Waals surface area contributed by atoms with Crippen molar-refractivity contribution >= 4 is 10.9 Å². The number of benzene rings is 2. The lowest BCUT2D eigenvalue weighted by Gasteiger charge is -2.20. The zero-order valence-electron chi connectivity index (χ0n) is 13.7. The minimum absolute atomic E-state index is 0.00441. The van der Waals surface area contributed by atoms with Gasteiger partial charge < -0.3 is 10.2 Å². The fourth-order valence-electron chi connectivity index (χ4n) is 2.69. The van der Waals surface area contributed by atoms with Crippen molar-refractivity contribution in [2.45, 2.75) is 32.8 Å². The number of phenolic OH excluding ortho intramolecular Hbond substituents is 1. The van der Waals surface area contributed by atoms with E-state index in [0.717, 1.165) is 22.0 Å². The Morgan fingerprint density at radius 3 is 2.48 bits per heavy atom. The number of hydrogen-bond donors (Lipinski definition) is 2. The lowest BCUT2D eigenvalue weighted by Crippen LogP contribution is -2.10. The zero-order chi connectivity index (χ0) is 16.6. The molecule has 0 aliphatic carbocycles. The van der Waals surface area contributed by atoms with E-state index in [-0.39, 0.29) is 17.8 Å². The Balaban J connectivity index is 2.20. The molecule has 0 atom stereocenters. The van der Waals surface area contributed by atoms with Gasteiger partial charge in [0, 0.05) is 16.5 Å². The van der Waals surface area contributed by atoms with Crippen molar-refractivity contribution in [1.29, 1.82) is 0 Å². The van der Waals surface area contributed by atoms with E-state index in [0.29, 0.717) is 11.3 Å². The Kier molecular flexibility index (Phi) is 3.82. The van der Waals surface area contributed by atoms with Gasteiger partial charge in [-0.1, -0.05) is 51.1 Å². The summed E-state index contributed by atoms with van der Waals surface area (Å²) in [6.45, 7) is 6.37.